The van der Waals surface area contributed by atoms with Crippen LogP contribution in [0.1, 0.15) is 25.5 Å². The fourth-order valence-corrected chi connectivity index (χ4v) is 2.29. The molecule has 0 spiro atoms. The predicted octanol–water partition coefficient (Wildman–Crippen LogP) is 0.794. The molecule has 1 aromatic rings. The number of rotatable bonds is 6. The quantitative estimate of drug-likeness (QED) is 0.591. The zero-order chi connectivity index (χ0) is 12.9. The Morgan fingerprint density at radius 2 is 2.24 bits per heavy atom. The van der Waals surface area contributed by atoms with Crippen LogP contribution in [-0.2, 0) is 10.0 Å². The molecule has 0 amide bonds. The van der Waals surface area contributed by atoms with Gasteiger partial charge in [0.2, 0.25) is 10.0 Å². The standard InChI is InChI=1S/C10H15N3O2S2/c1-2-3-6-13-17(14,15)8-4-5-9(10(11)16)12-7-8/h4-5,7,13H,2-3,6H2,1H3,(H2,11,16). The van der Waals surface area contributed by atoms with Crippen molar-refractivity contribution in [2.45, 2.75) is 24.7 Å². The molecule has 0 aliphatic heterocycles. The van der Waals surface area contributed by atoms with Crippen molar-refractivity contribution in [3.8, 4) is 0 Å². The topological polar surface area (TPSA) is 85.1 Å². The van der Waals surface area contributed by atoms with E-state index in [0.29, 0.717) is 12.2 Å². The maximum atomic E-state index is 11.8. The molecule has 0 atom stereocenters. The molecule has 0 aliphatic carbocycles. The normalized spacial score (nSPS) is 11.4. The lowest BCUT2D eigenvalue weighted by Crippen LogP contribution is -2.25. The summed E-state index contributed by atoms with van der Waals surface area (Å²) < 4.78 is 26.0. The van der Waals surface area contributed by atoms with E-state index in [0.717, 1.165) is 12.8 Å². The Morgan fingerprint density at radius 1 is 1.53 bits per heavy atom. The smallest absolute Gasteiger partial charge is 0.242 e. The van der Waals surface area contributed by atoms with Crippen LogP contribution in [0.4, 0.5) is 0 Å². The van der Waals surface area contributed by atoms with E-state index in [1.165, 1.54) is 18.3 Å². The Balaban J connectivity index is 2.81. The number of unbranched alkanes of at least 4 members (excludes halogenated alkanes) is 1. The average molecular weight is 273 g/mol. The lowest BCUT2D eigenvalue weighted by molar-refractivity contribution is 0.578. The van der Waals surface area contributed by atoms with Crippen LogP contribution >= 0.6 is 12.2 Å². The highest BCUT2D eigenvalue weighted by Gasteiger charge is 2.13. The molecule has 0 aliphatic rings. The first-order valence-corrected chi connectivity index (χ1v) is 7.12. The maximum absolute atomic E-state index is 11.8. The van der Waals surface area contributed by atoms with Crippen molar-refractivity contribution in [1.29, 1.82) is 0 Å². The Bertz CT molecular complexity index is 483. The fourth-order valence-electron chi connectivity index (χ4n) is 1.15. The van der Waals surface area contributed by atoms with Crippen molar-refractivity contribution in [3.05, 3.63) is 24.0 Å². The van der Waals surface area contributed by atoms with Gasteiger partial charge in [-0.2, -0.15) is 0 Å². The van der Waals surface area contributed by atoms with Crippen LogP contribution in [0.3, 0.4) is 0 Å². The SMILES string of the molecule is CCCCNS(=O)(=O)c1ccc(C(N)=S)nc1. The number of nitrogens with one attached hydrogen (secondary N) is 1. The number of thiocarbonyl (C=S) groups is 1. The monoisotopic (exact) mass is 273 g/mol. The Hall–Kier alpha value is -1.05. The van der Waals surface area contributed by atoms with Gasteiger partial charge in [0.25, 0.3) is 0 Å². The largest absolute Gasteiger partial charge is 0.388 e. The molecular weight excluding hydrogens is 258 g/mol. The lowest BCUT2D eigenvalue weighted by Gasteiger charge is -2.06. The number of aromatic nitrogens is 1. The van der Waals surface area contributed by atoms with Crippen LogP contribution in [0.25, 0.3) is 0 Å². The summed E-state index contributed by atoms with van der Waals surface area (Å²) in [5, 5.41) is 0. The van der Waals surface area contributed by atoms with Crippen LogP contribution in [0, 0.1) is 0 Å². The van der Waals surface area contributed by atoms with E-state index >= 15 is 0 Å². The van der Waals surface area contributed by atoms with Crippen LogP contribution in [-0.4, -0.2) is 24.9 Å². The van der Waals surface area contributed by atoms with Gasteiger partial charge in [-0.05, 0) is 18.6 Å². The van der Waals surface area contributed by atoms with Crippen molar-refractivity contribution < 1.29 is 8.42 Å². The van der Waals surface area contributed by atoms with Gasteiger partial charge in [0.05, 0.1) is 5.69 Å². The van der Waals surface area contributed by atoms with E-state index < -0.39 is 10.0 Å². The number of nitrogens with two attached hydrogens (primary N) is 1. The molecule has 94 valence electrons. The van der Waals surface area contributed by atoms with Crippen LogP contribution in [0.2, 0.25) is 0 Å². The molecule has 7 heteroatoms. The highest BCUT2D eigenvalue weighted by atomic mass is 32.2. The summed E-state index contributed by atoms with van der Waals surface area (Å²) in [6, 6.07) is 2.94. The van der Waals surface area contributed by atoms with E-state index in [2.05, 4.69) is 9.71 Å². The third-order valence-corrected chi connectivity index (χ3v) is 3.78. The molecule has 0 saturated carbocycles. The van der Waals surface area contributed by atoms with Gasteiger partial charge in [0, 0.05) is 12.7 Å². The summed E-state index contributed by atoms with van der Waals surface area (Å²) >= 11 is 4.73. The molecule has 1 aromatic heterocycles. The van der Waals surface area contributed by atoms with Crippen LogP contribution in [0.5, 0.6) is 0 Å². The second-order valence-corrected chi connectivity index (χ2v) is 5.70. The molecule has 1 rings (SSSR count). The van der Waals surface area contributed by atoms with Crippen molar-refractivity contribution in [1.82, 2.24) is 9.71 Å². The molecule has 0 radical (unpaired) electrons. The molecule has 0 fully saturated rings. The summed E-state index contributed by atoms with van der Waals surface area (Å²) in [4.78, 5) is 4.15. The van der Waals surface area contributed by atoms with Crippen molar-refractivity contribution >= 4 is 27.2 Å². The third kappa shape index (κ3) is 4.03. The van der Waals surface area contributed by atoms with Gasteiger partial charge in [-0.3, -0.25) is 4.98 Å². The zero-order valence-corrected chi connectivity index (χ0v) is 11.1. The molecule has 5 nitrogen and oxygen atoms in total. The minimum atomic E-state index is -3.47. The minimum Gasteiger partial charge on any atom is -0.388 e. The van der Waals surface area contributed by atoms with E-state index in [9.17, 15) is 8.42 Å². The zero-order valence-electron chi connectivity index (χ0n) is 9.51. The Kier molecular flexibility index (Phi) is 4.98. The maximum Gasteiger partial charge on any atom is 0.242 e. The lowest BCUT2D eigenvalue weighted by atomic mass is 10.3. The summed E-state index contributed by atoms with van der Waals surface area (Å²) in [6.07, 6.45) is 2.99. The molecule has 0 saturated heterocycles. The van der Waals surface area contributed by atoms with E-state index in [-0.39, 0.29) is 9.88 Å². The molecular formula is C10H15N3O2S2. The fraction of sp³-hybridized carbons (Fsp3) is 0.400. The molecule has 0 aromatic carbocycles. The number of sulfonamides is 1. The highest BCUT2D eigenvalue weighted by molar-refractivity contribution is 7.89. The number of hydrogen-bond donors (Lipinski definition) is 2. The Labute approximate surface area is 106 Å². The second kappa shape index (κ2) is 6.04. The Morgan fingerprint density at radius 3 is 2.71 bits per heavy atom. The van der Waals surface area contributed by atoms with Crippen LogP contribution in [0.15, 0.2) is 23.2 Å². The average Bonchev–Trinajstić information content (AvgIpc) is 2.29. The minimum absolute atomic E-state index is 0.119. The molecule has 0 bridgehead atoms. The summed E-state index contributed by atoms with van der Waals surface area (Å²) in [5.41, 5.74) is 5.78. The summed E-state index contributed by atoms with van der Waals surface area (Å²) in [5.74, 6) is 0. The van der Waals surface area contributed by atoms with Gasteiger partial charge in [-0.1, -0.05) is 25.6 Å². The van der Waals surface area contributed by atoms with Gasteiger partial charge in [0.1, 0.15) is 9.88 Å². The highest BCUT2D eigenvalue weighted by Crippen LogP contribution is 2.07. The van der Waals surface area contributed by atoms with Crippen molar-refractivity contribution in [2.24, 2.45) is 5.73 Å². The van der Waals surface area contributed by atoms with E-state index in [1.54, 1.807) is 0 Å². The van der Waals surface area contributed by atoms with Gasteiger partial charge in [0.15, 0.2) is 0 Å². The van der Waals surface area contributed by atoms with Crippen molar-refractivity contribution in [3.63, 3.8) is 0 Å². The first kappa shape index (κ1) is 14.0. The first-order valence-electron chi connectivity index (χ1n) is 5.23. The van der Waals surface area contributed by atoms with Crippen LogP contribution < -0.4 is 10.5 Å². The number of hydrogen-bond acceptors (Lipinski definition) is 4. The van der Waals surface area contributed by atoms with E-state index in [4.69, 9.17) is 18.0 Å². The van der Waals surface area contributed by atoms with Gasteiger partial charge in [-0.25, -0.2) is 13.1 Å². The van der Waals surface area contributed by atoms with Crippen molar-refractivity contribution in [2.75, 3.05) is 6.54 Å². The molecule has 1 heterocycles. The number of pyridine rings is 1. The number of nitrogens with zero attached hydrogens (tertiary/aromatic N) is 1. The third-order valence-electron chi connectivity index (χ3n) is 2.12. The van der Waals surface area contributed by atoms with E-state index in [1.807, 2.05) is 6.92 Å². The summed E-state index contributed by atoms with van der Waals surface area (Å²) in [6.45, 7) is 2.42. The predicted molar refractivity (Wildman–Crippen MR) is 70.2 cm³/mol. The summed E-state index contributed by atoms with van der Waals surface area (Å²) in [7, 11) is -3.47. The van der Waals surface area contributed by atoms with Gasteiger partial charge >= 0.3 is 0 Å². The molecule has 0 unspecified atom stereocenters. The van der Waals surface area contributed by atoms with Gasteiger partial charge in [-0.15, -0.1) is 0 Å². The first-order chi connectivity index (χ1) is 7.97. The molecule has 17 heavy (non-hydrogen) atoms. The van der Waals surface area contributed by atoms with Gasteiger partial charge < -0.3 is 5.73 Å². The second-order valence-electron chi connectivity index (χ2n) is 3.49. The molecule has 3 N–H and O–H groups in total.